The zero-order valence-corrected chi connectivity index (χ0v) is 10.4. The Hall–Kier alpha value is -0.120. The zero-order valence-electron chi connectivity index (χ0n) is 8.76. The summed E-state index contributed by atoms with van der Waals surface area (Å²) >= 11 is 3.95. The molecule has 2 unspecified atom stereocenters. The van der Waals surface area contributed by atoms with Crippen molar-refractivity contribution in [1.29, 1.82) is 0 Å². The molecule has 2 N–H and O–H groups in total. The van der Waals surface area contributed by atoms with E-state index in [9.17, 15) is 0 Å². The van der Waals surface area contributed by atoms with E-state index in [1.807, 2.05) is 23.5 Å². The molecule has 1 fully saturated rings. The van der Waals surface area contributed by atoms with Gasteiger partial charge in [0.2, 0.25) is 0 Å². The molecule has 1 saturated heterocycles. The second-order valence-corrected chi connectivity index (χ2v) is 6.15. The minimum Gasteiger partial charge on any atom is -0.327 e. The lowest BCUT2D eigenvalue weighted by molar-refractivity contribution is 0.506. The smallest absolute Gasteiger partial charge is 0.0167 e. The Balaban J connectivity index is 1.71. The minimum atomic E-state index is 0.436. The van der Waals surface area contributed by atoms with Crippen molar-refractivity contribution in [2.75, 3.05) is 17.3 Å². The van der Waals surface area contributed by atoms with Crippen molar-refractivity contribution in [2.24, 2.45) is 11.7 Å². The Bertz CT molecular complexity index is 289. The van der Waals surface area contributed by atoms with Crippen molar-refractivity contribution in [3.63, 3.8) is 0 Å². The first-order chi connectivity index (χ1) is 7.36. The van der Waals surface area contributed by atoms with Crippen LogP contribution in [0.1, 0.15) is 6.42 Å². The summed E-state index contributed by atoms with van der Waals surface area (Å²) in [6, 6.07) is 11.0. The maximum atomic E-state index is 6.03. The maximum absolute atomic E-state index is 6.03. The van der Waals surface area contributed by atoms with Gasteiger partial charge in [0.05, 0.1) is 0 Å². The first-order valence-electron chi connectivity index (χ1n) is 5.37. The van der Waals surface area contributed by atoms with E-state index in [-0.39, 0.29) is 0 Å². The van der Waals surface area contributed by atoms with E-state index in [4.69, 9.17) is 5.73 Å². The molecule has 0 saturated carbocycles. The van der Waals surface area contributed by atoms with Crippen molar-refractivity contribution in [1.82, 2.24) is 0 Å². The van der Waals surface area contributed by atoms with Crippen LogP contribution in [0.15, 0.2) is 35.2 Å². The van der Waals surface area contributed by atoms with Crippen molar-refractivity contribution in [3.05, 3.63) is 30.3 Å². The lowest BCUT2D eigenvalue weighted by atomic mass is 10.0. The van der Waals surface area contributed by atoms with E-state index < -0.39 is 0 Å². The van der Waals surface area contributed by atoms with E-state index in [0.29, 0.717) is 6.04 Å². The van der Waals surface area contributed by atoms with Crippen LogP contribution in [0.25, 0.3) is 0 Å². The van der Waals surface area contributed by atoms with Crippen LogP contribution in [0.5, 0.6) is 0 Å². The number of thioether (sulfide) groups is 2. The Morgan fingerprint density at radius 1 is 1.27 bits per heavy atom. The quantitative estimate of drug-likeness (QED) is 0.818. The third-order valence-corrected chi connectivity index (χ3v) is 5.08. The molecule has 1 aromatic rings. The number of nitrogens with two attached hydrogens (primary N) is 1. The SMILES string of the molecule is NC1CSCC1CCSc1ccccc1. The van der Waals surface area contributed by atoms with Gasteiger partial charge < -0.3 is 5.73 Å². The normalized spacial score (nSPS) is 25.7. The molecule has 0 radical (unpaired) electrons. The molecule has 1 aromatic carbocycles. The molecule has 1 heterocycles. The van der Waals surface area contributed by atoms with Crippen LogP contribution in [-0.2, 0) is 0 Å². The highest BCUT2D eigenvalue weighted by atomic mass is 32.2. The van der Waals surface area contributed by atoms with E-state index in [1.54, 1.807) is 0 Å². The predicted molar refractivity (Wildman–Crippen MR) is 70.6 cm³/mol. The summed E-state index contributed by atoms with van der Waals surface area (Å²) in [5.41, 5.74) is 6.03. The van der Waals surface area contributed by atoms with Gasteiger partial charge in [-0.25, -0.2) is 0 Å². The second kappa shape index (κ2) is 5.83. The van der Waals surface area contributed by atoms with Gasteiger partial charge in [-0.1, -0.05) is 18.2 Å². The fourth-order valence-corrected chi connectivity index (χ4v) is 4.16. The topological polar surface area (TPSA) is 26.0 Å². The van der Waals surface area contributed by atoms with Gasteiger partial charge in [0.1, 0.15) is 0 Å². The van der Waals surface area contributed by atoms with Gasteiger partial charge in [0, 0.05) is 16.7 Å². The fourth-order valence-electron chi connectivity index (χ4n) is 1.76. The largest absolute Gasteiger partial charge is 0.327 e. The highest BCUT2D eigenvalue weighted by Crippen LogP contribution is 2.28. The predicted octanol–water partition coefficient (Wildman–Crippen LogP) is 2.86. The molecule has 1 aliphatic rings. The third kappa shape index (κ3) is 3.44. The summed E-state index contributed by atoms with van der Waals surface area (Å²) in [5, 5.41) is 0. The molecule has 2 atom stereocenters. The minimum absolute atomic E-state index is 0.436. The molecular formula is C12H17NS2. The van der Waals surface area contributed by atoms with Crippen molar-refractivity contribution < 1.29 is 0 Å². The lowest BCUT2D eigenvalue weighted by Crippen LogP contribution is -2.28. The first kappa shape index (κ1) is 11.4. The number of hydrogen-bond acceptors (Lipinski definition) is 3. The molecule has 2 rings (SSSR count). The Kier molecular flexibility index (Phi) is 4.42. The van der Waals surface area contributed by atoms with Gasteiger partial charge in [-0.05, 0) is 36.0 Å². The summed E-state index contributed by atoms with van der Waals surface area (Å²) in [5.74, 6) is 4.35. The highest BCUT2D eigenvalue weighted by molar-refractivity contribution is 7.99. The van der Waals surface area contributed by atoms with Gasteiger partial charge >= 0.3 is 0 Å². The number of hydrogen-bond donors (Lipinski definition) is 1. The summed E-state index contributed by atoms with van der Waals surface area (Å²) in [6.07, 6.45) is 1.26. The number of rotatable bonds is 4. The van der Waals surface area contributed by atoms with Crippen LogP contribution in [0.4, 0.5) is 0 Å². The van der Waals surface area contributed by atoms with Gasteiger partial charge in [-0.2, -0.15) is 11.8 Å². The molecule has 0 amide bonds. The molecule has 0 bridgehead atoms. The molecule has 0 spiro atoms. The van der Waals surface area contributed by atoms with Crippen LogP contribution in [0.2, 0.25) is 0 Å². The molecular weight excluding hydrogens is 222 g/mol. The standard InChI is InChI=1S/C12H17NS2/c13-12-9-14-8-10(12)6-7-15-11-4-2-1-3-5-11/h1-5,10,12H,6-9,13H2. The van der Waals surface area contributed by atoms with Gasteiger partial charge in [-0.15, -0.1) is 11.8 Å². The average Bonchev–Trinajstić information content (AvgIpc) is 2.66. The van der Waals surface area contributed by atoms with Crippen LogP contribution in [0, 0.1) is 5.92 Å². The average molecular weight is 239 g/mol. The van der Waals surface area contributed by atoms with Gasteiger partial charge in [-0.3, -0.25) is 0 Å². The van der Waals surface area contributed by atoms with E-state index in [1.165, 1.54) is 22.8 Å². The van der Waals surface area contributed by atoms with E-state index in [2.05, 4.69) is 30.3 Å². The molecule has 3 heteroatoms. The Labute approximate surface area is 100 Å². The highest BCUT2D eigenvalue weighted by Gasteiger charge is 2.23. The molecule has 0 aromatic heterocycles. The molecule has 0 aliphatic carbocycles. The molecule has 82 valence electrons. The summed E-state index contributed by atoms with van der Waals surface area (Å²) in [6.45, 7) is 0. The molecule has 1 aliphatic heterocycles. The lowest BCUT2D eigenvalue weighted by Gasteiger charge is -2.13. The second-order valence-electron chi connectivity index (χ2n) is 3.91. The van der Waals surface area contributed by atoms with Gasteiger partial charge in [0.15, 0.2) is 0 Å². The van der Waals surface area contributed by atoms with Crippen molar-refractivity contribution in [2.45, 2.75) is 17.4 Å². The monoisotopic (exact) mass is 239 g/mol. The molecule has 1 nitrogen and oxygen atoms in total. The Morgan fingerprint density at radius 3 is 2.73 bits per heavy atom. The van der Waals surface area contributed by atoms with Crippen LogP contribution in [0.3, 0.4) is 0 Å². The summed E-state index contributed by atoms with van der Waals surface area (Å²) in [7, 11) is 0. The van der Waals surface area contributed by atoms with Gasteiger partial charge in [0.25, 0.3) is 0 Å². The fraction of sp³-hybridized carbons (Fsp3) is 0.500. The summed E-state index contributed by atoms with van der Waals surface area (Å²) in [4.78, 5) is 1.37. The number of benzene rings is 1. The maximum Gasteiger partial charge on any atom is 0.0167 e. The van der Waals surface area contributed by atoms with E-state index >= 15 is 0 Å². The third-order valence-electron chi connectivity index (χ3n) is 2.75. The Morgan fingerprint density at radius 2 is 2.07 bits per heavy atom. The van der Waals surface area contributed by atoms with Crippen LogP contribution >= 0.6 is 23.5 Å². The molecule has 15 heavy (non-hydrogen) atoms. The summed E-state index contributed by atoms with van der Waals surface area (Å²) < 4.78 is 0. The van der Waals surface area contributed by atoms with Crippen molar-refractivity contribution in [3.8, 4) is 0 Å². The van der Waals surface area contributed by atoms with Crippen molar-refractivity contribution >= 4 is 23.5 Å². The first-order valence-corrected chi connectivity index (χ1v) is 7.51. The van der Waals surface area contributed by atoms with Crippen LogP contribution < -0.4 is 5.73 Å². The van der Waals surface area contributed by atoms with Crippen LogP contribution in [-0.4, -0.2) is 23.3 Å². The zero-order chi connectivity index (χ0) is 10.5. The van der Waals surface area contributed by atoms with E-state index in [0.717, 1.165) is 11.7 Å².